The van der Waals surface area contributed by atoms with Crippen LogP contribution in [0.1, 0.15) is 30.5 Å². The summed E-state index contributed by atoms with van der Waals surface area (Å²) in [6.07, 6.45) is 0. The van der Waals surface area contributed by atoms with E-state index < -0.39 is 11.6 Å². The van der Waals surface area contributed by atoms with Gasteiger partial charge in [-0.3, -0.25) is 0 Å². The van der Waals surface area contributed by atoms with Crippen molar-refractivity contribution >= 4 is 23.0 Å². The number of nitrogens with one attached hydrogen (secondary N) is 1. The second-order valence-corrected chi connectivity index (χ2v) is 5.71. The summed E-state index contributed by atoms with van der Waals surface area (Å²) in [5.74, 6) is -0.768. The largest absolute Gasteiger partial charge is 0.370 e. The molecule has 3 N–H and O–H groups in total. The zero-order valence-corrected chi connectivity index (χ0v) is 12.5. The number of benzene rings is 1. The van der Waals surface area contributed by atoms with Crippen LogP contribution in [0.5, 0.6) is 0 Å². The third-order valence-electron chi connectivity index (χ3n) is 2.74. The van der Waals surface area contributed by atoms with Crippen LogP contribution in [0.2, 0.25) is 0 Å². The highest BCUT2D eigenvalue weighted by Gasteiger charge is 2.07. The third-order valence-corrected chi connectivity index (χ3v) is 3.59. The summed E-state index contributed by atoms with van der Waals surface area (Å²) in [5, 5.41) is 5.34. The summed E-state index contributed by atoms with van der Waals surface area (Å²) in [7, 11) is 0. The number of aliphatic imine (C=N–C) groups is 1. The molecular weight excluding hydrogens is 294 g/mol. The van der Waals surface area contributed by atoms with Crippen molar-refractivity contribution in [2.75, 3.05) is 5.32 Å². The van der Waals surface area contributed by atoms with Crippen molar-refractivity contribution in [2.24, 2.45) is 10.7 Å². The van der Waals surface area contributed by atoms with Crippen molar-refractivity contribution in [3.63, 3.8) is 0 Å². The molecule has 0 unspecified atom stereocenters. The van der Waals surface area contributed by atoms with Crippen molar-refractivity contribution in [3.05, 3.63) is 45.9 Å². The molecule has 2 rings (SSSR count). The van der Waals surface area contributed by atoms with Gasteiger partial charge in [0.05, 0.1) is 17.9 Å². The number of nitrogens with two attached hydrogens (primary N) is 1. The summed E-state index contributed by atoms with van der Waals surface area (Å²) in [6.45, 7) is 4.42. The van der Waals surface area contributed by atoms with Crippen molar-refractivity contribution in [3.8, 4) is 0 Å². The maximum atomic E-state index is 13.4. The first-order valence-electron chi connectivity index (χ1n) is 6.42. The predicted molar refractivity (Wildman–Crippen MR) is 81.5 cm³/mol. The van der Waals surface area contributed by atoms with Gasteiger partial charge in [-0.1, -0.05) is 13.8 Å². The van der Waals surface area contributed by atoms with Gasteiger partial charge in [0.15, 0.2) is 5.96 Å². The predicted octanol–water partition coefficient (Wildman–Crippen LogP) is 3.47. The van der Waals surface area contributed by atoms with Gasteiger partial charge in [-0.15, -0.1) is 11.3 Å². The summed E-state index contributed by atoms with van der Waals surface area (Å²) in [5.41, 5.74) is 6.63. The fourth-order valence-electron chi connectivity index (χ4n) is 1.59. The summed E-state index contributed by atoms with van der Waals surface area (Å²) in [6, 6.07) is 3.09. The highest BCUT2D eigenvalue weighted by Crippen LogP contribution is 2.18. The van der Waals surface area contributed by atoms with Crippen LogP contribution in [0.3, 0.4) is 0 Å². The normalized spacial score (nSPS) is 12.0. The molecule has 1 aromatic heterocycles. The zero-order chi connectivity index (χ0) is 15.4. The van der Waals surface area contributed by atoms with Gasteiger partial charge in [-0.05, 0) is 18.1 Å². The molecule has 1 aromatic carbocycles. The van der Waals surface area contributed by atoms with E-state index in [9.17, 15) is 8.78 Å². The topological polar surface area (TPSA) is 63.3 Å². The van der Waals surface area contributed by atoms with Gasteiger partial charge in [0.1, 0.15) is 16.6 Å². The Balaban J connectivity index is 2.02. The van der Waals surface area contributed by atoms with E-state index >= 15 is 0 Å². The summed E-state index contributed by atoms with van der Waals surface area (Å²) in [4.78, 5) is 8.49. The van der Waals surface area contributed by atoms with Crippen LogP contribution in [0, 0.1) is 11.6 Å². The van der Waals surface area contributed by atoms with E-state index in [-0.39, 0.29) is 11.6 Å². The molecule has 0 radical (unpaired) electrons. The molecule has 0 aliphatic carbocycles. The van der Waals surface area contributed by atoms with Crippen LogP contribution in [-0.4, -0.2) is 10.9 Å². The number of anilines is 1. The number of halogens is 2. The van der Waals surface area contributed by atoms with Crippen LogP contribution in [0.4, 0.5) is 14.5 Å². The fourth-order valence-corrected chi connectivity index (χ4v) is 2.47. The van der Waals surface area contributed by atoms with Gasteiger partial charge < -0.3 is 11.1 Å². The molecule has 0 saturated carbocycles. The Bertz CT molecular complexity index is 652. The van der Waals surface area contributed by atoms with Crippen LogP contribution >= 0.6 is 11.3 Å². The number of thiazole rings is 1. The average Bonchev–Trinajstić information content (AvgIpc) is 2.90. The molecule has 0 aliphatic rings. The molecule has 112 valence electrons. The van der Waals surface area contributed by atoms with Gasteiger partial charge >= 0.3 is 0 Å². The average molecular weight is 310 g/mol. The molecule has 0 atom stereocenters. The minimum absolute atomic E-state index is 0.0146. The maximum Gasteiger partial charge on any atom is 0.193 e. The van der Waals surface area contributed by atoms with Crippen LogP contribution in [-0.2, 0) is 6.54 Å². The Labute approximate surface area is 125 Å². The first kappa shape index (κ1) is 15.4. The van der Waals surface area contributed by atoms with Crippen molar-refractivity contribution in [2.45, 2.75) is 26.3 Å². The van der Waals surface area contributed by atoms with E-state index in [4.69, 9.17) is 5.73 Å². The minimum atomic E-state index is -0.592. The highest BCUT2D eigenvalue weighted by atomic mass is 32.1. The van der Waals surface area contributed by atoms with E-state index in [1.54, 1.807) is 0 Å². The van der Waals surface area contributed by atoms with Crippen molar-refractivity contribution in [1.82, 2.24) is 4.98 Å². The molecule has 0 saturated heterocycles. The minimum Gasteiger partial charge on any atom is -0.370 e. The Kier molecular flexibility index (Phi) is 4.85. The van der Waals surface area contributed by atoms with E-state index in [2.05, 4.69) is 29.1 Å². The number of rotatable bonds is 4. The second kappa shape index (κ2) is 6.62. The van der Waals surface area contributed by atoms with Gasteiger partial charge in [-0.2, -0.15) is 0 Å². The Morgan fingerprint density at radius 3 is 2.86 bits per heavy atom. The smallest absolute Gasteiger partial charge is 0.193 e. The Hall–Kier alpha value is -2.02. The van der Waals surface area contributed by atoms with E-state index in [0.717, 1.165) is 28.9 Å². The molecule has 2 aromatic rings. The fraction of sp³-hybridized carbons (Fsp3) is 0.286. The Morgan fingerprint density at radius 2 is 2.19 bits per heavy atom. The van der Waals surface area contributed by atoms with Crippen LogP contribution < -0.4 is 11.1 Å². The maximum absolute atomic E-state index is 13.4. The monoisotopic (exact) mass is 310 g/mol. The van der Waals surface area contributed by atoms with E-state index in [1.807, 2.05) is 5.38 Å². The molecular formula is C14H16F2N4S. The first-order valence-corrected chi connectivity index (χ1v) is 7.30. The van der Waals surface area contributed by atoms with Crippen LogP contribution in [0.15, 0.2) is 28.6 Å². The molecule has 0 spiro atoms. The Morgan fingerprint density at radius 1 is 1.43 bits per heavy atom. The molecule has 7 heteroatoms. The zero-order valence-electron chi connectivity index (χ0n) is 11.7. The third kappa shape index (κ3) is 4.22. The van der Waals surface area contributed by atoms with Gasteiger partial charge in [0.2, 0.25) is 0 Å². The number of nitrogens with zero attached hydrogens (tertiary/aromatic N) is 2. The summed E-state index contributed by atoms with van der Waals surface area (Å²) < 4.78 is 26.5. The molecule has 0 aliphatic heterocycles. The van der Waals surface area contributed by atoms with Crippen molar-refractivity contribution < 1.29 is 8.78 Å². The molecule has 21 heavy (non-hydrogen) atoms. The number of hydrogen-bond donors (Lipinski definition) is 2. The van der Waals surface area contributed by atoms with Gasteiger partial charge in [-0.25, -0.2) is 18.8 Å². The van der Waals surface area contributed by atoms with Gasteiger partial charge in [0, 0.05) is 11.4 Å². The highest BCUT2D eigenvalue weighted by molar-refractivity contribution is 7.09. The molecule has 4 nitrogen and oxygen atoms in total. The molecule has 0 bridgehead atoms. The van der Waals surface area contributed by atoms with E-state index in [1.165, 1.54) is 11.3 Å². The van der Waals surface area contributed by atoms with E-state index in [0.29, 0.717) is 12.5 Å². The number of aromatic nitrogens is 1. The van der Waals surface area contributed by atoms with Crippen molar-refractivity contribution in [1.29, 1.82) is 0 Å². The lowest BCUT2D eigenvalue weighted by Crippen LogP contribution is -2.23. The number of hydrogen-bond acceptors (Lipinski definition) is 3. The van der Waals surface area contributed by atoms with Crippen LogP contribution in [0.25, 0.3) is 0 Å². The lowest BCUT2D eigenvalue weighted by Gasteiger charge is -2.06. The lowest BCUT2D eigenvalue weighted by molar-refractivity contribution is 0.604. The second-order valence-electron chi connectivity index (χ2n) is 4.77. The SMILES string of the molecule is CC(C)c1csc(CN=C(N)Nc2cc(F)ccc2F)n1. The molecule has 0 amide bonds. The standard InChI is InChI=1S/C14H16F2N4S/c1-8(2)12-7-21-13(19-12)6-18-14(17)20-11-5-9(15)3-4-10(11)16/h3-5,7-8H,6H2,1-2H3,(H3,17,18,20). The quantitative estimate of drug-likeness (QED) is 0.671. The summed E-state index contributed by atoms with van der Waals surface area (Å²) >= 11 is 1.50. The van der Waals surface area contributed by atoms with Gasteiger partial charge in [0.25, 0.3) is 0 Å². The first-order chi connectivity index (χ1) is 9.95. The molecule has 0 fully saturated rings. The lowest BCUT2D eigenvalue weighted by atomic mass is 10.2. The molecule has 1 heterocycles. The number of guanidine groups is 1.